The second kappa shape index (κ2) is 14.7. The minimum Gasteiger partial charge on any atom is -0.497 e. The van der Waals surface area contributed by atoms with Crippen molar-refractivity contribution < 1.29 is 19.4 Å². The standard InChI is InChI=1S/C40H42I2N4O4Si/c1-26-38(51(3,4)32-17-15-31(49-2)16-18-32)37(20-21-45-24-35(43-44-45)33(25-47)28-8-6-5-7-9-28)50-40(26)34-22-30(42)14-19-36(34)46(39(40)48)23-27-10-12-29(41)13-11-27/h5-19,22,24,26,33,37-38,47H,20-21,23,25H2,1-4H3/t26-,33?,37+,38-,40+/m0/s1. The van der Waals surface area contributed by atoms with Crippen LogP contribution >= 0.6 is 45.2 Å². The molecule has 1 saturated heterocycles. The van der Waals surface area contributed by atoms with Crippen molar-refractivity contribution in [1.82, 2.24) is 15.0 Å². The zero-order valence-electron chi connectivity index (χ0n) is 29.2. The molecule has 51 heavy (non-hydrogen) atoms. The zero-order chi connectivity index (χ0) is 35.9. The van der Waals surface area contributed by atoms with E-state index in [0.717, 1.165) is 41.0 Å². The van der Waals surface area contributed by atoms with E-state index in [0.29, 0.717) is 19.5 Å². The Balaban J connectivity index is 1.25. The van der Waals surface area contributed by atoms with E-state index in [1.165, 1.54) is 5.19 Å². The number of ether oxygens (including phenoxy) is 2. The Morgan fingerprint density at radius 3 is 2.37 bits per heavy atom. The number of aromatic nitrogens is 3. The number of aryl methyl sites for hydroxylation is 1. The van der Waals surface area contributed by atoms with Crippen molar-refractivity contribution in [3.05, 3.63) is 133 Å². The third-order valence-corrected chi connectivity index (χ3v) is 16.7. The van der Waals surface area contributed by atoms with Gasteiger partial charge in [0.2, 0.25) is 0 Å². The van der Waals surface area contributed by atoms with E-state index in [1.54, 1.807) is 7.11 Å². The number of anilines is 1. The first-order valence-electron chi connectivity index (χ1n) is 17.3. The number of methoxy groups -OCH3 is 1. The number of hydrogen-bond donors (Lipinski definition) is 1. The third-order valence-electron chi connectivity index (χ3n) is 11.0. The van der Waals surface area contributed by atoms with Crippen LogP contribution in [0.3, 0.4) is 0 Å². The van der Waals surface area contributed by atoms with Crippen molar-refractivity contribution in [1.29, 1.82) is 0 Å². The van der Waals surface area contributed by atoms with Crippen molar-refractivity contribution >= 4 is 70.0 Å². The summed E-state index contributed by atoms with van der Waals surface area (Å²) in [5.74, 6) is 0.482. The van der Waals surface area contributed by atoms with Crippen molar-refractivity contribution in [2.24, 2.45) is 5.92 Å². The highest BCUT2D eigenvalue weighted by molar-refractivity contribution is 14.1. The molecule has 0 bridgehead atoms. The number of aliphatic hydroxyl groups is 1. The van der Waals surface area contributed by atoms with E-state index >= 15 is 4.79 Å². The van der Waals surface area contributed by atoms with Crippen LogP contribution in [0.5, 0.6) is 5.75 Å². The summed E-state index contributed by atoms with van der Waals surface area (Å²) in [4.78, 5) is 17.0. The molecule has 1 unspecified atom stereocenters. The van der Waals surface area contributed by atoms with Crippen LogP contribution in [-0.2, 0) is 28.2 Å². The van der Waals surface area contributed by atoms with Crippen molar-refractivity contribution in [2.75, 3.05) is 18.6 Å². The molecule has 1 N–H and O–H groups in total. The highest BCUT2D eigenvalue weighted by Gasteiger charge is 2.66. The number of amides is 1. The molecule has 3 heterocycles. The average Bonchev–Trinajstić information content (AvgIpc) is 3.79. The molecular formula is C40H42I2N4O4Si. The van der Waals surface area contributed by atoms with Crippen LogP contribution in [-0.4, -0.2) is 53.9 Å². The summed E-state index contributed by atoms with van der Waals surface area (Å²) in [5, 5.41) is 20.5. The van der Waals surface area contributed by atoms with E-state index in [1.807, 2.05) is 58.2 Å². The summed E-state index contributed by atoms with van der Waals surface area (Å²) in [7, 11) is -0.612. The van der Waals surface area contributed by atoms with E-state index in [2.05, 4.69) is 130 Å². The van der Waals surface area contributed by atoms with Gasteiger partial charge in [-0.15, -0.1) is 5.10 Å². The average molecular weight is 925 g/mol. The highest BCUT2D eigenvalue weighted by atomic mass is 127. The van der Waals surface area contributed by atoms with Crippen LogP contribution in [0.25, 0.3) is 0 Å². The smallest absolute Gasteiger partial charge is 0.264 e. The largest absolute Gasteiger partial charge is 0.497 e. The summed E-state index contributed by atoms with van der Waals surface area (Å²) in [6, 6.07) is 33.1. The molecule has 8 nitrogen and oxygen atoms in total. The number of halogens is 2. The van der Waals surface area contributed by atoms with Gasteiger partial charge >= 0.3 is 0 Å². The maximum atomic E-state index is 15.1. The first-order chi connectivity index (χ1) is 24.6. The van der Waals surface area contributed by atoms with Gasteiger partial charge in [-0.1, -0.05) is 85.0 Å². The molecule has 0 saturated carbocycles. The van der Waals surface area contributed by atoms with Gasteiger partial charge in [-0.25, -0.2) is 0 Å². The molecule has 1 fully saturated rings. The SMILES string of the molecule is COc1ccc([Si](C)(C)[C@@H]2[C@@H](CCn3cc(C(CO)c4ccccc4)nn3)O[C@]3(C(=O)N(Cc4ccc(I)cc4)c4ccc(I)cc43)[C@H]2C)cc1. The number of carbonyl (C=O) groups is 1. The fourth-order valence-electron chi connectivity index (χ4n) is 8.38. The Morgan fingerprint density at radius 1 is 0.980 bits per heavy atom. The fourth-order valence-corrected chi connectivity index (χ4v) is 13.3. The quantitative estimate of drug-likeness (QED) is 0.109. The molecule has 2 aliphatic rings. The van der Waals surface area contributed by atoms with Gasteiger partial charge in [0.05, 0.1) is 51.7 Å². The lowest BCUT2D eigenvalue weighted by Gasteiger charge is -2.37. The lowest BCUT2D eigenvalue weighted by molar-refractivity contribution is -0.146. The monoisotopic (exact) mass is 924 g/mol. The number of nitrogens with zero attached hydrogens (tertiary/aromatic N) is 4. The summed E-state index contributed by atoms with van der Waals surface area (Å²) in [6.07, 6.45) is 2.38. The van der Waals surface area contributed by atoms with E-state index in [-0.39, 0.29) is 36.0 Å². The van der Waals surface area contributed by atoms with Gasteiger partial charge in [0.1, 0.15) is 5.75 Å². The first kappa shape index (κ1) is 36.3. The number of benzene rings is 4. The molecule has 2 aliphatic heterocycles. The molecule has 264 valence electrons. The molecule has 1 spiro atoms. The maximum absolute atomic E-state index is 15.1. The molecule has 1 amide bonds. The molecule has 1 aromatic heterocycles. The summed E-state index contributed by atoms with van der Waals surface area (Å²) < 4.78 is 16.9. The fraction of sp³-hybridized carbons (Fsp3) is 0.325. The molecule has 4 aromatic carbocycles. The molecule has 5 atom stereocenters. The van der Waals surface area contributed by atoms with Crippen LogP contribution in [0.15, 0.2) is 103 Å². The van der Waals surface area contributed by atoms with Gasteiger partial charge in [-0.2, -0.15) is 0 Å². The lowest BCUT2D eigenvalue weighted by atomic mass is 9.82. The van der Waals surface area contributed by atoms with Gasteiger partial charge in [0, 0.05) is 31.4 Å². The van der Waals surface area contributed by atoms with Crippen molar-refractivity contribution in [3.63, 3.8) is 0 Å². The number of aliphatic hydroxyl groups excluding tert-OH is 1. The first-order valence-corrected chi connectivity index (χ1v) is 22.5. The second-order valence-corrected chi connectivity index (χ2v) is 21.4. The number of rotatable bonds is 11. The Morgan fingerprint density at radius 2 is 1.69 bits per heavy atom. The second-order valence-electron chi connectivity index (χ2n) is 14.2. The summed E-state index contributed by atoms with van der Waals surface area (Å²) in [6.45, 7) is 8.03. The molecular weight excluding hydrogens is 882 g/mol. The topological polar surface area (TPSA) is 89.7 Å². The number of carbonyl (C=O) groups excluding carboxylic acids is 1. The predicted octanol–water partition coefficient (Wildman–Crippen LogP) is 7.47. The summed E-state index contributed by atoms with van der Waals surface area (Å²) >= 11 is 4.66. The van der Waals surface area contributed by atoms with Crippen LogP contribution in [0, 0.1) is 13.1 Å². The number of fused-ring (bicyclic) bond motifs is 2. The van der Waals surface area contributed by atoms with Gasteiger partial charge in [-0.05, 0) is 111 Å². The summed E-state index contributed by atoms with van der Waals surface area (Å²) in [5.41, 5.74) is 3.68. The Bertz CT molecular complexity index is 2010. The van der Waals surface area contributed by atoms with E-state index in [9.17, 15) is 5.11 Å². The number of hydrogen-bond acceptors (Lipinski definition) is 6. The third kappa shape index (κ3) is 6.68. The molecule has 0 radical (unpaired) electrons. The van der Waals surface area contributed by atoms with Crippen LogP contribution < -0.4 is 14.8 Å². The maximum Gasteiger partial charge on any atom is 0.264 e. The van der Waals surface area contributed by atoms with Gasteiger partial charge in [-0.3, -0.25) is 9.48 Å². The van der Waals surface area contributed by atoms with Crippen molar-refractivity contribution in [3.8, 4) is 5.75 Å². The predicted molar refractivity (Wildman–Crippen MR) is 219 cm³/mol. The lowest BCUT2D eigenvalue weighted by Crippen LogP contribution is -2.51. The van der Waals surface area contributed by atoms with Crippen LogP contribution in [0.2, 0.25) is 18.6 Å². The Kier molecular flexibility index (Phi) is 10.5. The normalized spacial score (nSPS) is 22.1. The minimum absolute atomic E-state index is 0.00858. The highest BCUT2D eigenvalue weighted by Crippen LogP contribution is 2.60. The minimum atomic E-state index is -2.30. The van der Waals surface area contributed by atoms with E-state index < -0.39 is 13.7 Å². The zero-order valence-corrected chi connectivity index (χ0v) is 34.5. The van der Waals surface area contributed by atoms with Crippen molar-refractivity contribution in [2.45, 2.75) is 62.7 Å². The van der Waals surface area contributed by atoms with Crippen LogP contribution in [0.4, 0.5) is 5.69 Å². The van der Waals surface area contributed by atoms with Gasteiger partial charge in [0.15, 0.2) is 5.60 Å². The van der Waals surface area contributed by atoms with E-state index in [4.69, 9.17) is 9.47 Å². The van der Waals surface area contributed by atoms with Gasteiger partial charge < -0.3 is 19.5 Å². The molecule has 0 aliphatic carbocycles. The van der Waals surface area contributed by atoms with Gasteiger partial charge in [0.25, 0.3) is 5.91 Å². The Labute approximate surface area is 327 Å². The molecule has 5 aromatic rings. The Hall–Kier alpha value is -3.11. The van der Waals surface area contributed by atoms with Crippen LogP contribution in [0.1, 0.15) is 41.6 Å². The molecule has 11 heteroatoms. The molecule has 7 rings (SSSR count).